The van der Waals surface area contributed by atoms with Gasteiger partial charge >= 0.3 is 5.97 Å². The van der Waals surface area contributed by atoms with Gasteiger partial charge in [-0.3, -0.25) is 5.32 Å². The monoisotopic (exact) mass is 330 g/mol. The summed E-state index contributed by atoms with van der Waals surface area (Å²) < 4.78 is 5.36. The van der Waals surface area contributed by atoms with E-state index in [2.05, 4.69) is 0 Å². The largest absolute Gasteiger partial charge is 1.00 e. The number of fused-ring (bicyclic) bond motifs is 1. The Morgan fingerprint density at radius 1 is 1.19 bits per heavy atom. The third-order valence-corrected chi connectivity index (χ3v) is 3.85. The van der Waals surface area contributed by atoms with Crippen molar-refractivity contribution >= 4 is 17.7 Å². The van der Waals surface area contributed by atoms with Gasteiger partial charge in [0, 0.05) is 30.5 Å². The van der Waals surface area contributed by atoms with Gasteiger partial charge < -0.3 is 34.5 Å². The molecule has 1 aromatic carbocycles. The highest BCUT2D eigenvalue weighted by molar-refractivity contribution is 5.93. The maximum atomic E-state index is 12.0. The van der Waals surface area contributed by atoms with Gasteiger partial charge in [-0.2, -0.15) is 0 Å². The van der Waals surface area contributed by atoms with Crippen molar-refractivity contribution in [3.8, 4) is 0 Å². The molecule has 1 aromatic rings. The number of nitrogens with one attached hydrogen (secondary N) is 1. The van der Waals surface area contributed by atoms with Crippen LogP contribution in [0.5, 0.6) is 0 Å². The van der Waals surface area contributed by atoms with Crippen LogP contribution in [0.15, 0.2) is 30.0 Å². The van der Waals surface area contributed by atoms with Gasteiger partial charge in [-0.1, -0.05) is 12.1 Å². The number of hydrogen-bond acceptors (Lipinski definition) is 2. The quantitative estimate of drug-likeness (QED) is 0.426. The van der Waals surface area contributed by atoms with E-state index in [1.807, 2.05) is 35.7 Å². The molecule has 3 N–H and O–H groups in total. The summed E-state index contributed by atoms with van der Waals surface area (Å²) in [6, 6.07) is 7.99. The molecule has 1 saturated heterocycles. The van der Waals surface area contributed by atoms with Gasteiger partial charge in [-0.25, -0.2) is 4.79 Å². The topological polar surface area (TPSA) is 47.4 Å². The van der Waals surface area contributed by atoms with Gasteiger partial charge in [0.15, 0.2) is 0 Å². The van der Waals surface area contributed by atoms with Gasteiger partial charge in [0.25, 0.3) is 0 Å². The summed E-state index contributed by atoms with van der Waals surface area (Å²) in [6.45, 7) is 3.90. The molecule has 0 unspecified atom stereocenters. The van der Waals surface area contributed by atoms with Crippen LogP contribution in [0.3, 0.4) is 0 Å². The fourth-order valence-electron chi connectivity index (χ4n) is 2.76. The minimum Gasteiger partial charge on any atom is -1.00 e. The number of para-hydroxylation sites is 1. The van der Waals surface area contributed by atoms with Crippen molar-refractivity contribution in [3.63, 3.8) is 0 Å². The molecule has 6 heteroatoms. The summed E-state index contributed by atoms with van der Waals surface area (Å²) in [6.07, 6.45) is 4.51. The molecular weight excluding hydrogens is 311 g/mol. The summed E-state index contributed by atoms with van der Waals surface area (Å²) in [7, 11) is 0. The molecule has 3 rings (SSSR count). The van der Waals surface area contributed by atoms with Crippen LogP contribution in [-0.2, 0) is 9.53 Å². The van der Waals surface area contributed by atoms with E-state index in [-0.39, 0.29) is 30.8 Å². The van der Waals surface area contributed by atoms with E-state index in [9.17, 15) is 4.79 Å². The predicted molar refractivity (Wildman–Crippen MR) is 71.8 cm³/mol. The number of hydrogen-bond donors (Lipinski definition) is 2. The smallest absolute Gasteiger partial charge is 0.393 e. The minimum absolute atomic E-state index is 0. The Kier molecular flexibility index (Phi) is 7.18. The second-order valence-electron chi connectivity index (χ2n) is 5.22. The van der Waals surface area contributed by atoms with Crippen LogP contribution in [0, 0.1) is 0 Å². The van der Waals surface area contributed by atoms with Crippen LogP contribution >= 0.6 is 0 Å². The lowest BCUT2D eigenvalue weighted by molar-refractivity contribution is -0.887. The molecule has 1 fully saturated rings. The maximum Gasteiger partial charge on any atom is 0.393 e. The van der Waals surface area contributed by atoms with Crippen molar-refractivity contribution in [2.24, 2.45) is 0 Å². The Morgan fingerprint density at radius 2 is 1.90 bits per heavy atom. The third kappa shape index (κ3) is 4.45. The van der Waals surface area contributed by atoms with Crippen LogP contribution < -0.4 is 35.0 Å². The van der Waals surface area contributed by atoms with E-state index in [4.69, 9.17) is 4.74 Å². The van der Waals surface area contributed by atoms with Crippen molar-refractivity contribution in [1.82, 2.24) is 0 Å². The van der Waals surface area contributed by atoms with Gasteiger partial charge in [0.1, 0.15) is 18.8 Å². The van der Waals surface area contributed by atoms with Gasteiger partial charge in [0.2, 0.25) is 5.70 Å². The highest BCUT2D eigenvalue weighted by atomic mass is 35.5. The zero-order chi connectivity index (χ0) is 13.1. The molecule has 0 saturated carbocycles. The molecule has 0 bridgehead atoms. The van der Waals surface area contributed by atoms with Crippen molar-refractivity contribution < 1.29 is 44.6 Å². The number of quaternary nitrogens is 2. The van der Waals surface area contributed by atoms with Crippen molar-refractivity contribution in [1.29, 1.82) is 0 Å². The lowest BCUT2D eigenvalue weighted by Crippen LogP contribution is -3.10. The molecule has 4 nitrogen and oxygen atoms in total. The zero-order valence-electron chi connectivity index (χ0n) is 11.8. The molecule has 0 spiro atoms. The number of ether oxygens (including phenoxy) is 1. The number of esters is 1. The Hall–Kier alpha value is -1.07. The number of benzene rings is 1. The molecule has 0 aliphatic carbocycles. The SMILES string of the molecule is O=C(OCC[NH+]1CCCC1)C1=Cc2ccccc2[NH2+]1.[Cl-].[Cl-]. The lowest BCUT2D eigenvalue weighted by atomic mass is 10.2. The average molecular weight is 331 g/mol. The number of rotatable bonds is 4. The number of halogens is 2. The molecule has 0 amide bonds. The van der Waals surface area contributed by atoms with Crippen LogP contribution in [0.4, 0.5) is 5.69 Å². The number of likely N-dealkylation sites (tertiary alicyclic amines) is 1. The highest BCUT2D eigenvalue weighted by Crippen LogP contribution is 2.18. The Bertz CT molecular complexity index is 514. The van der Waals surface area contributed by atoms with E-state index in [1.165, 1.54) is 25.9 Å². The third-order valence-electron chi connectivity index (χ3n) is 3.85. The Balaban J connectivity index is 0.00000110. The fourth-order valence-corrected chi connectivity index (χ4v) is 2.76. The van der Waals surface area contributed by atoms with E-state index in [0.717, 1.165) is 17.8 Å². The van der Waals surface area contributed by atoms with E-state index in [1.54, 1.807) is 4.90 Å². The summed E-state index contributed by atoms with van der Waals surface area (Å²) in [5, 5.41) is 1.90. The second-order valence-corrected chi connectivity index (χ2v) is 5.22. The van der Waals surface area contributed by atoms with E-state index < -0.39 is 0 Å². The second kappa shape index (κ2) is 8.39. The predicted octanol–water partition coefficient (Wildman–Crippen LogP) is -6.53. The Labute approximate surface area is 137 Å². The van der Waals surface area contributed by atoms with Gasteiger partial charge in [0.05, 0.1) is 13.1 Å². The van der Waals surface area contributed by atoms with Crippen LogP contribution in [0.2, 0.25) is 0 Å². The molecule has 21 heavy (non-hydrogen) atoms. The van der Waals surface area contributed by atoms with E-state index >= 15 is 0 Å². The summed E-state index contributed by atoms with van der Waals surface area (Å²) in [4.78, 5) is 13.5. The molecule has 2 aliphatic rings. The number of nitrogens with two attached hydrogens (primary N) is 1. The molecule has 116 valence electrons. The van der Waals surface area contributed by atoms with Gasteiger partial charge in [-0.15, -0.1) is 0 Å². The molecule has 0 radical (unpaired) electrons. The van der Waals surface area contributed by atoms with Crippen molar-refractivity contribution in [2.45, 2.75) is 12.8 Å². The summed E-state index contributed by atoms with van der Waals surface area (Å²) in [5.41, 5.74) is 2.86. The first-order valence-electron chi connectivity index (χ1n) is 6.99. The Morgan fingerprint density at radius 3 is 2.62 bits per heavy atom. The first kappa shape index (κ1) is 18.0. The number of carbonyl (C=O) groups is 1. The standard InChI is InChI=1S/C15H18N2O2.2ClH/c18-15(19-10-9-17-7-3-4-8-17)14-11-12-5-1-2-6-13(12)16-14;;/h1-2,5-6,11,16H,3-4,7-10H2;2*1H. The molecule has 2 heterocycles. The van der Waals surface area contributed by atoms with Crippen LogP contribution in [0.25, 0.3) is 6.08 Å². The normalized spacial score (nSPS) is 16.5. The molecule has 0 aromatic heterocycles. The zero-order valence-corrected chi connectivity index (χ0v) is 13.3. The fraction of sp³-hybridized carbons (Fsp3) is 0.400. The summed E-state index contributed by atoms with van der Waals surface area (Å²) >= 11 is 0. The first-order valence-corrected chi connectivity index (χ1v) is 6.99. The minimum atomic E-state index is -0.199. The average Bonchev–Trinajstić information content (AvgIpc) is 3.07. The summed E-state index contributed by atoms with van der Waals surface area (Å²) in [5.74, 6) is -0.199. The molecule has 2 aliphatic heterocycles. The van der Waals surface area contributed by atoms with Crippen molar-refractivity contribution in [3.05, 3.63) is 35.5 Å². The first-order chi connectivity index (χ1) is 9.33. The highest BCUT2D eigenvalue weighted by Gasteiger charge is 2.25. The van der Waals surface area contributed by atoms with Gasteiger partial charge in [-0.05, 0) is 6.07 Å². The lowest BCUT2D eigenvalue weighted by Gasteiger charge is -2.11. The van der Waals surface area contributed by atoms with Crippen molar-refractivity contribution in [2.75, 3.05) is 26.2 Å². The number of carbonyl (C=O) groups excluding carboxylic acids is 1. The van der Waals surface area contributed by atoms with Crippen LogP contribution in [-0.4, -0.2) is 32.2 Å². The maximum absolute atomic E-state index is 12.0. The van der Waals surface area contributed by atoms with E-state index in [0.29, 0.717) is 12.3 Å². The molecular formula is C15H20Cl2N2O2. The molecule has 0 atom stereocenters. The van der Waals surface area contributed by atoms with Crippen LogP contribution in [0.1, 0.15) is 18.4 Å².